The Morgan fingerprint density at radius 1 is 1.17 bits per heavy atom. The Kier molecular flexibility index (Phi) is 5.21. The first-order valence-electron chi connectivity index (χ1n) is 7.52. The van der Waals surface area contributed by atoms with Crippen molar-refractivity contribution < 1.29 is 14.3 Å². The van der Waals surface area contributed by atoms with Crippen LogP contribution in [0, 0.1) is 0 Å². The summed E-state index contributed by atoms with van der Waals surface area (Å²) in [6, 6.07) is 12.8. The van der Waals surface area contributed by atoms with Gasteiger partial charge in [-0.05, 0) is 51.5 Å². The maximum absolute atomic E-state index is 11.8. The van der Waals surface area contributed by atoms with Crippen molar-refractivity contribution in [2.45, 2.75) is 39.3 Å². The molecular formula is C18H22N2O3. The Bertz CT molecular complexity index is 651. The minimum atomic E-state index is -0.520. The van der Waals surface area contributed by atoms with E-state index in [0.717, 1.165) is 5.56 Å². The summed E-state index contributed by atoms with van der Waals surface area (Å²) in [7, 11) is 0. The monoisotopic (exact) mass is 314 g/mol. The number of carbonyl (C=O) groups is 1. The van der Waals surface area contributed by atoms with Crippen LogP contribution in [0.1, 0.15) is 39.3 Å². The van der Waals surface area contributed by atoms with Crippen LogP contribution in [0.3, 0.4) is 0 Å². The number of pyridine rings is 1. The second kappa shape index (κ2) is 7.13. The minimum absolute atomic E-state index is 0.197. The Labute approximate surface area is 136 Å². The van der Waals surface area contributed by atoms with Gasteiger partial charge in [0.1, 0.15) is 11.4 Å². The van der Waals surface area contributed by atoms with Gasteiger partial charge in [0.25, 0.3) is 0 Å². The standard InChI is InChI=1S/C18H22N2O3/c1-13(20-17(21)23-18(2,3)4)14-8-7-9-15(12-14)22-16-10-5-6-11-19-16/h5-13H,1-4H3,(H,20,21). The number of rotatable bonds is 4. The highest BCUT2D eigenvalue weighted by atomic mass is 16.6. The van der Waals surface area contributed by atoms with E-state index in [-0.39, 0.29) is 6.04 Å². The molecule has 5 heteroatoms. The maximum atomic E-state index is 11.8. The van der Waals surface area contributed by atoms with Gasteiger partial charge in [0.2, 0.25) is 5.88 Å². The SMILES string of the molecule is CC(NC(=O)OC(C)(C)C)c1cccc(Oc2ccccn2)c1. The van der Waals surface area contributed by atoms with E-state index in [9.17, 15) is 4.79 Å². The Balaban J connectivity index is 2.02. The number of ether oxygens (including phenoxy) is 2. The summed E-state index contributed by atoms with van der Waals surface area (Å²) >= 11 is 0. The molecule has 1 amide bonds. The fraction of sp³-hybridized carbons (Fsp3) is 0.333. The van der Waals surface area contributed by atoms with E-state index in [4.69, 9.17) is 9.47 Å². The number of amides is 1. The number of benzene rings is 1. The molecule has 5 nitrogen and oxygen atoms in total. The van der Waals surface area contributed by atoms with Gasteiger partial charge in [0.15, 0.2) is 0 Å². The van der Waals surface area contributed by atoms with Gasteiger partial charge in [-0.25, -0.2) is 9.78 Å². The lowest BCUT2D eigenvalue weighted by molar-refractivity contribution is 0.0508. The third-order valence-corrected chi connectivity index (χ3v) is 2.95. The first-order chi connectivity index (χ1) is 10.8. The lowest BCUT2D eigenvalue weighted by Gasteiger charge is -2.22. The molecule has 1 unspecified atom stereocenters. The van der Waals surface area contributed by atoms with Crippen molar-refractivity contribution in [3.8, 4) is 11.6 Å². The lowest BCUT2D eigenvalue weighted by atomic mass is 10.1. The molecule has 122 valence electrons. The van der Waals surface area contributed by atoms with Crippen molar-refractivity contribution in [1.82, 2.24) is 10.3 Å². The molecule has 0 aliphatic heterocycles. The molecule has 0 bridgehead atoms. The molecule has 23 heavy (non-hydrogen) atoms. The first kappa shape index (κ1) is 16.8. The van der Waals surface area contributed by atoms with E-state index >= 15 is 0 Å². The molecule has 2 rings (SSSR count). The van der Waals surface area contributed by atoms with Gasteiger partial charge in [-0.3, -0.25) is 0 Å². The second-order valence-corrected chi connectivity index (χ2v) is 6.21. The Morgan fingerprint density at radius 2 is 1.96 bits per heavy atom. The zero-order chi connectivity index (χ0) is 16.9. The number of aromatic nitrogens is 1. The largest absolute Gasteiger partial charge is 0.444 e. The quantitative estimate of drug-likeness (QED) is 0.905. The van der Waals surface area contributed by atoms with Gasteiger partial charge >= 0.3 is 6.09 Å². The van der Waals surface area contributed by atoms with Crippen molar-refractivity contribution in [3.63, 3.8) is 0 Å². The molecule has 1 N–H and O–H groups in total. The molecule has 1 aromatic carbocycles. The van der Waals surface area contributed by atoms with Crippen LogP contribution >= 0.6 is 0 Å². The van der Waals surface area contributed by atoms with Crippen LogP contribution in [0.15, 0.2) is 48.7 Å². The molecule has 1 aromatic heterocycles. The molecule has 2 aromatic rings. The molecule has 0 aliphatic carbocycles. The van der Waals surface area contributed by atoms with E-state index in [1.165, 1.54) is 0 Å². The first-order valence-corrected chi connectivity index (χ1v) is 7.52. The molecule has 0 saturated heterocycles. The summed E-state index contributed by atoms with van der Waals surface area (Å²) in [5.74, 6) is 1.19. The molecule has 1 heterocycles. The summed E-state index contributed by atoms with van der Waals surface area (Å²) in [6.07, 6.45) is 1.23. The number of alkyl carbamates (subject to hydrolysis) is 1. The number of hydrogen-bond acceptors (Lipinski definition) is 4. The highest BCUT2D eigenvalue weighted by Crippen LogP contribution is 2.23. The molecule has 0 aliphatic rings. The van der Waals surface area contributed by atoms with E-state index in [1.54, 1.807) is 12.3 Å². The van der Waals surface area contributed by atoms with Crippen LogP contribution in [0.2, 0.25) is 0 Å². The van der Waals surface area contributed by atoms with Crippen molar-refractivity contribution in [2.75, 3.05) is 0 Å². The third kappa shape index (κ3) is 5.62. The number of nitrogens with zero attached hydrogens (tertiary/aromatic N) is 1. The fourth-order valence-corrected chi connectivity index (χ4v) is 1.94. The lowest BCUT2D eigenvalue weighted by Crippen LogP contribution is -2.34. The van der Waals surface area contributed by atoms with Crippen molar-refractivity contribution in [2.24, 2.45) is 0 Å². The van der Waals surface area contributed by atoms with Crippen LogP contribution in [-0.4, -0.2) is 16.7 Å². The van der Waals surface area contributed by atoms with Crippen LogP contribution in [0.4, 0.5) is 4.79 Å². The maximum Gasteiger partial charge on any atom is 0.408 e. The van der Waals surface area contributed by atoms with Crippen LogP contribution < -0.4 is 10.1 Å². The Morgan fingerprint density at radius 3 is 2.61 bits per heavy atom. The van der Waals surface area contributed by atoms with Gasteiger partial charge in [-0.2, -0.15) is 0 Å². The molecule has 1 atom stereocenters. The highest BCUT2D eigenvalue weighted by Gasteiger charge is 2.18. The summed E-state index contributed by atoms with van der Waals surface area (Å²) in [4.78, 5) is 16.0. The van der Waals surface area contributed by atoms with Gasteiger partial charge in [-0.1, -0.05) is 18.2 Å². The zero-order valence-electron chi connectivity index (χ0n) is 13.9. The van der Waals surface area contributed by atoms with Gasteiger partial charge in [-0.15, -0.1) is 0 Å². The predicted octanol–water partition coefficient (Wildman–Crippen LogP) is 4.46. The molecule has 0 saturated carbocycles. The average Bonchev–Trinajstić information content (AvgIpc) is 2.46. The van der Waals surface area contributed by atoms with Crippen LogP contribution in [0.5, 0.6) is 11.6 Å². The average molecular weight is 314 g/mol. The summed E-state index contributed by atoms with van der Waals surface area (Å²) in [6.45, 7) is 7.39. The van der Waals surface area contributed by atoms with E-state index in [1.807, 2.05) is 64.1 Å². The van der Waals surface area contributed by atoms with Crippen LogP contribution in [0.25, 0.3) is 0 Å². The molecular weight excluding hydrogens is 292 g/mol. The fourth-order valence-electron chi connectivity index (χ4n) is 1.94. The zero-order valence-corrected chi connectivity index (χ0v) is 13.9. The van der Waals surface area contributed by atoms with E-state index < -0.39 is 11.7 Å². The van der Waals surface area contributed by atoms with E-state index in [2.05, 4.69) is 10.3 Å². The third-order valence-electron chi connectivity index (χ3n) is 2.95. The number of nitrogens with one attached hydrogen (secondary N) is 1. The number of carbonyl (C=O) groups excluding carboxylic acids is 1. The Hall–Kier alpha value is -2.56. The molecule has 0 radical (unpaired) electrons. The summed E-state index contributed by atoms with van der Waals surface area (Å²) < 4.78 is 11.0. The molecule has 0 fully saturated rings. The number of hydrogen-bond donors (Lipinski definition) is 1. The van der Waals surface area contributed by atoms with E-state index in [0.29, 0.717) is 11.6 Å². The van der Waals surface area contributed by atoms with Crippen LogP contribution in [-0.2, 0) is 4.74 Å². The summed E-state index contributed by atoms with van der Waals surface area (Å²) in [5, 5.41) is 2.81. The topological polar surface area (TPSA) is 60.5 Å². The smallest absolute Gasteiger partial charge is 0.408 e. The molecule has 0 spiro atoms. The van der Waals surface area contributed by atoms with Gasteiger partial charge < -0.3 is 14.8 Å². The van der Waals surface area contributed by atoms with Gasteiger partial charge in [0.05, 0.1) is 6.04 Å². The van der Waals surface area contributed by atoms with Crippen molar-refractivity contribution in [3.05, 3.63) is 54.2 Å². The second-order valence-electron chi connectivity index (χ2n) is 6.21. The van der Waals surface area contributed by atoms with Gasteiger partial charge in [0, 0.05) is 12.3 Å². The predicted molar refractivity (Wildman–Crippen MR) is 88.5 cm³/mol. The normalized spacial score (nSPS) is 12.3. The van der Waals surface area contributed by atoms with Crippen molar-refractivity contribution >= 4 is 6.09 Å². The van der Waals surface area contributed by atoms with Crippen molar-refractivity contribution in [1.29, 1.82) is 0 Å². The highest BCUT2D eigenvalue weighted by molar-refractivity contribution is 5.68. The minimum Gasteiger partial charge on any atom is -0.444 e. The summed E-state index contributed by atoms with van der Waals surface area (Å²) in [5.41, 5.74) is 0.401.